The van der Waals surface area contributed by atoms with E-state index in [1.165, 1.54) is 19.6 Å². The highest BCUT2D eigenvalue weighted by Gasteiger charge is 2.29. The minimum atomic E-state index is -0.124. The summed E-state index contributed by atoms with van der Waals surface area (Å²) in [6.07, 6.45) is 0.133. The topological polar surface area (TPSA) is 124 Å². The predicted molar refractivity (Wildman–Crippen MR) is 351 cm³/mol. The summed E-state index contributed by atoms with van der Waals surface area (Å²) < 4.78 is 73.5. The van der Waals surface area contributed by atoms with Crippen molar-refractivity contribution in [1.82, 2.24) is 0 Å². The second kappa shape index (κ2) is 32.4. The Bertz CT molecular complexity index is 2790. The number of epoxide rings is 4. The molecule has 8 aromatic rings. The van der Waals surface area contributed by atoms with Crippen molar-refractivity contribution in [2.45, 2.75) is 68.4 Å². The Morgan fingerprint density at radius 1 is 0.337 bits per heavy atom. The van der Waals surface area contributed by atoms with Gasteiger partial charge in [0.05, 0.1) is 52.9 Å². The highest BCUT2D eigenvalue weighted by Crippen LogP contribution is 2.40. The monoisotopic (exact) mass is 1310 g/mol. The van der Waals surface area contributed by atoms with Gasteiger partial charge in [-0.3, -0.25) is 0 Å². The molecule has 86 heavy (non-hydrogen) atoms. The average Bonchev–Trinajstić information content (AvgIpc) is 1.82. The van der Waals surface area contributed by atoms with Crippen LogP contribution in [-0.2, 0) is 37.9 Å². The van der Waals surface area contributed by atoms with E-state index in [1.54, 1.807) is 92.4 Å². The average molecular weight is 1310 g/mol. The molecule has 4 fully saturated rings. The summed E-state index contributed by atoms with van der Waals surface area (Å²) in [6.45, 7) is 6.77. The molecule has 0 N–H and O–H groups in total. The first kappa shape index (κ1) is 61.9. The second-order valence-corrected chi connectivity index (χ2v) is 28.3. The van der Waals surface area contributed by atoms with Crippen LogP contribution in [0.25, 0.3) is 11.1 Å². The number of thioether (sulfide) groups is 4. The summed E-state index contributed by atoms with van der Waals surface area (Å²) in [5.41, 5.74) is 6.03. The highest BCUT2D eigenvalue weighted by molar-refractivity contribution is 8.00. The Morgan fingerprint density at radius 2 is 0.558 bits per heavy atom. The first-order chi connectivity index (χ1) is 42.5. The number of hydrogen-bond acceptors (Lipinski definition) is 20. The lowest BCUT2D eigenvalue weighted by Gasteiger charge is -2.21. The summed E-state index contributed by atoms with van der Waals surface area (Å²) in [7, 11) is 0. The van der Waals surface area contributed by atoms with Gasteiger partial charge in [0.2, 0.25) is 0 Å². The Morgan fingerprint density at radius 3 is 0.744 bits per heavy atom. The molecule has 0 bridgehead atoms. The van der Waals surface area contributed by atoms with Crippen molar-refractivity contribution in [3.8, 4) is 23.0 Å². The van der Waals surface area contributed by atoms with Gasteiger partial charge in [0.1, 0.15) is 98.3 Å². The van der Waals surface area contributed by atoms with Gasteiger partial charge >= 0.3 is 0 Å². The fourth-order valence-corrected chi connectivity index (χ4v) is 15.9. The molecule has 4 saturated heterocycles. The second-order valence-electron chi connectivity index (χ2n) is 20.8. The molecule has 0 aliphatic carbocycles. The van der Waals surface area contributed by atoms with Gasteiger partial charge in [0, 0.05) is 64.1 Å². The largest absolute Gasteiger partial charge is 0.491 e. The fraction of sp³-hybridized carbons (Fsp3) is 0.364. The fourth-order valence-electron chi connectivity index (χ4n) is 8.84. The Hall–Kier alpha value is -4.30. The quantitative estimate of drug-likeness (QED) is 0.0205. The number of rotatable bonds is 40. The van der Waals surface area contributed by atoms with Crippen molar-refractivity contribution in [3.05, 3.63) is 187 Å². The first-order valence-electron chi connectivity index (χ1n) is 28.7. The van der Waals surface area contributed by atoms with E-state index < -0.39 is 0 Å². The molecule has 4 aromatic heterocycles. The molecule has 0 radical (unpaired) electrons. The zero-order chi connectivity index (χ0) is 58.0. The van der Waals surface area contributed by atoms with Crippen LogP contribution < -0.4 is 18.9 Å². The summed E-state index contributed by atoms with van der Waals surface area (Å²) in [5.74, 6) is 6.06. The maximum absolute atomic E-state index is 6.54. The van der Waals surface area contributed by atoms with Gasteiger partial charge in [-0.2, -0.15) is 45.3 Å². The SMILES string of the molecule is c1cc(SCC(COc2ccc(C(=C(c3ccc(OCC(CSc4ccsc4)OCC4CO4)cc3)c3ccc(OCC(CSc4ccsc4)OCC4CO4)cc3)c3ccc(OCC(CSc4ccsc4)OCC4CO4)cc3)cc2)OCC2CO2)cs1. The standard InChI is InChI=1S/C66H68O12S8/c1-9-49(67-33-57(75-29-53-25-71-53)37-83-61-17-21-79-41-61)10-2-45(1)65(46-3-11-50(12-4-46)68-34-58(76-30-54-26-72-54)38-84-62-18-22-80-42-62)66(47-5-13-51(14-6-47)69-35-59(77-31-55-27-73-55)39-85-63-19-23-81-43-63)48-7-15-52(16-8-48)70-36-60(78-32-56-28-74-56)40-86-64-20-24-82-44-64/h1-24,41-44,53-60H,25-40H2. The lowest BCUT2D eigenvalue weighted by molar-refractivity contribution is 0.0270. The number of hydrogen-bond donors (Lipinski definition) is 0. The van der Waals surface area contributed by atoms with Gasteiger partial charge in [0.15, 0.2) is 0 Å². The molecule has 0 saturated carbocycles. The zero-order valence-electron chi connectivity index (χ0n) is 47.3. The molecule has 20 heteroatoms. The van der Waals surface area contributed by atoms with Crippen molar-refractivity contribution in [2.24, 2.45) is 0 Å². The van der Waals surface area contributed by atoms with E-state index in [9.17, 15) is 0 Å². The van der Waals surface area contributed by atoms with Crippen LogP contribution in [0.4, 0.5) is 0 Å². The summed E-state index contributed by atoms with van der Waals surface area (Å²) in [6, 6.07) is 42.2. The van der Waals surface area contributed by atoms with Crippen molar-refractivity contribution in [1.29, 1.82) is 0 Å². The van der Waals surface area contributed by atoms with E-state index >= 15 is 0 Å². The number of ether oxygens (including phenoxy) is 12. The van der Waals surface area contributed by atoms with Gasteiger partial charge in [-0.05, 0) is 128 Å². The molecular weight excluding hydrogens is 1240 g/mol. The third-order valence-corrected chi connectivity index (χ3v) is 21.8. The van der Waals surface area contributed by atoms with Gasteiger partial charge < -0.3 is 56.8 Å². The molecule has 8 unspecified atom stereocenters. The highest BCUT2D eigenvalue weighted by atomic mass is 32.2. The third-order valence-electron chi connectivity index (χ3n) is 14.0. The molecule has 4 aliphatic rings. The molecular formula is C66H68O12S8. The van der Waals surface area contributed by atoms with Gasteiger partial charge in [0.25, 0.3) is 0 Å². The van der Waals surface area contributed by atoms with Gasteiger partial charge in [-0.15, -0.1) is 47.0 Å². The predicted octanol–water partition coefficient (Wildman–Crippen LogP) is 14.8. The molecule has 4 aliphatic heterocycles. The van der Waals surface area contributed by atoms with E-state index in [2.05, 4.69) is 164 Å². The maximum Gasteiger partial charge on any atom is 0.119 e. The van der Waals surface area contributed by atoms with Crippen LogP contribution in [0.1, 0.15) is 22.3 Å². The smallest absolute Gasteiger partial charge is 0.119 e. The van der Waals surface area contributed by atoms with E-state index in [0.29, 0.717) is 52.9 Å². The van der Waals surface area contributed by atoms with Crippen LogP contribution in [0, 0.1) is 0 Å². The summed E-state index contributed by atoms with van der Waals surface area (Å²) >= 11 is 13.9. The Kier molecular flexibility index (Phi) is 23.4. The first-order valence-corrected chi connectivity index (χ1v) is 36.4. The molecule has 0 spiro atoms. The zero-order valence-corrected chi connectivity index (χ0v) is 53.8. The maximum atomic E-state index is 6.54. The van der Waals surface area contributed by atoms with Crippen LogP contribution >= 0.6 is 92.4 Å². The molecule has 4 aromatic carbocycles. The molecule has 0 amide bonds. The summed E-state index contributed by atoms with van der Waals surface area (Å²) in [4.78, 5) is 4.91. The van der Waals surface area contributed by atoms with Gasteiger partial charge in [-0.1, -0.05) is 48.5 Å². The van der Waals surface area contributed by atoms with Crippen LogP contribution in [0.5, 0.6) is 23.0 Å². The molecule has 8 heterocycles. The van der Waals surface area contributed by atoms with E-state index in [0.717, 1.165) is 106 Å². The van der Waals surface area contributed by atoms with Crippen LogP contribution in [0.2, 0.25) is 0 Å². The lowest BCUT2D eigenvalue weighted by atomic mass is 9.85. The number of thiophene rings is 4. The van der Waals surface area contributed by atoms with Gasteiger partial charge in [-0.25, -0.2) is 0 Å². The molecule has 8 atom stereocenters. The van der Waals surface area contributed by atoms with E-state index in [1.807, 2.05) is 0 Å². The van der Waals surface area contributed by atoms with Crippen molar-refractivity contribution in [2.75, 3.05) is 102 Å². The Balaban J connectivity index is 0.838. The van der Waals surface area contributed by atoms with E-state index in [-0.39, 0.29) is 48.8 Å². The molecule has 12 rings (SSSR count). The van der Waals surface area contributed by atoms with Crippen LogP contribution in [-0.4, -0.2) is 151 Å². The molecule has 452 valence electrons. The minimum Gasteiger partial charge on any atom is -0.491 e. The van der Waals surface area contributed by atoms with Crippen molar-refractivity contribution >= 4 is 104 Å². The summed E-state index contributed by atoms with van der Waals surface area (Å²) in [5, 5.41) is 17.1. The van der Waals surface area contributed by atoms with Crippen molar-refractivity contribution < 1.29 is 56.8 Å². The lowest BCUT2D eigenvalue weighted by Crippen LogP contribution is -2.26. The molecule has 12 nitrogen and oxygen atoms in total. The number of benzene rings is 4. The van der Waals surface area contributed by atoms with Crippen molar-refractivity contribution in [3.63, 3.8) is 0 Å². The third kappa shape index (κ3) is 20.4. The van der Waals surface area contributed by atoms with Crippen LogP contribution in [0.3, 0.4) is 0 Å². The minimum absolute atomic E-state index is 0.124. The van der Waals surface area contributed by atoms with Crippen LogP contribution in [0.15, 0.2) is 184 Å². The normalized spacial score (nSPS) is 18.8. The van der Waals surface area contributed by atoms with E-state index in [4.69, 9.17) is 56.8 Å². The Labute approximate surface area is 536 Å².